The molecule has 1 unspecified atom stereocenters. The van der Waals surface area contributed by atoms with Gasteiger partial charge in [-0.25, -0.2) is 0 Å². The fourth-order valence-corrected chi connectivity index (χ4v) is 3.72. The second-order valence-corrected chi connectivity index (χ2v) is 8.85. The highest BCUT2D eigenvalue weighted by Gasteiger charge is 2.33. The number of aliphatic imine (C=N–C) groups is 1. The van der Waals surface area contributed by atoms with Crippen LogP contribution in [0.5, 0.6) is 0 Å². The van der Waals surface area contributed by atoms with Crippen molar-refractivity contribution in [2.24, 2.45) is 22.6 Å². The summed E-state index contributed by atoms with van der Waals surface area (Å²) in [5.74, 6) is 1.72. The molecule has 1 atom stereocenters. The Morgan fingerprint density at radius 2 is 1.77 bits per heavy atom. The van der Waals surface area contributed by atoms with Gasteiger partial charge in [-0.2, -0.15) is 0 Å². The molecule has 4 nitrogen and oxygen atoms in total. The lowest BCUT2D eigenvalue weighted by Gasteiger charge is -2.21. The maximum Gasteiger partial charge on any atom is 0.0935 e. The number of hydrogen-bond acceptors (Lipinski definition) is 3. The van der Waals surface area contributed by atoms with Crippen molar-refractivity contribution >= 4 is 17.2 Å². The average molecular weight is 409 g/mol. The minimum Gasteiger partial charge on any atom is -0.390 e. The summed E-state index contributed by atoms with van der Waals surface area (Å²) in [6, 6.07) is 12.5. The van der Waals surface area contributed by atoms with Crippen LogP contribution in [0, 0.1) is 18.8 Å². The van der Waals surface area contributed by atoms with Gasteiger partial charge in [-0.15, -0.1) is 0 Å². The molecule has 0 saturated heterocycles. The fourth-order valence-electron chi connectivity index (χ4n) is 3.72. The number of likely N-dealkylation sites (N-methyl/N-ethyl adjacent to an activating group) is 1. The van der Waals surface area contributed by atoms with Gasteiger partial charge in [0.25, 0.3) is 0 Å². The molecule has 164 valence electrons. The molecule has 2 N–H and O–H groups in total. The predicted molar refractivity (Wildman–Crippen MR) is 131 cm³/mol. The Morgan fingerprint density at radius 3 is 2.30 bits per heavy atom. The second kappa shape index (κ2) is 12.4. The molecule has 2 aliphatic rings. The number of nitrogens with two attached hydrogens (primary N) is 1. The van der Waals surface area contributed by atoms with Crippen molar-refractivity contribution in [2.45, 2.75) is 64.8 Å². The largest absolute Gasteiger partial charge is 0.390 e. The summed E-state index contributed by atoms with van der Waals surface area (Å²) in [6.07, 6.45) is 11.3. The van der Waals surface area contributed by atoms with Crippen LogP contribution >= 0.6 is 0 Å². The first-order valence-electron chi connectivity index (χ1n) is 11.3. The van der Waals surface area contributed by atoms with Crippen LogP contribution in [0.4, 0.5) is 0 Å². The number of fused-ring (bicyclic) bond motifs is 1. The van der Waals surface area contributed by atoms with Crippen LogP contribution in [0.2, 0.25) is 0 Å². The van der Waals surface area contributed by atoms with Crippen LogP contribution in [-0.4, -0.2) is 36.4 Å². The third kappa shape index (κ3) is 8.17. The maximum absolute atomic E-state index is 5.28. The first-order valence-corrected chi connectivity index (χ1v) is 11.3. The van der Waals surface area contributed by atoms with E-state index in [1.54, 1.807) is 0 Å². The summed E-state index contributed by atoms with van der Waals surface area (Å²) in [4.78, 5) is 10.6. The maximum atomic E-state index is 5.28. The summed E-state index contributed by atoms with van der Waals surface area (Å²) in [5.41, 5.74) is 8.49. The van der Waals surface area contributed by atoms with E-state index in [1.165, 1.54) is 56.7 Å². The second-order valence-electron chi connectivity index (χ2n) is 8.85. The van der Waals surface area contributed by atoms with E-state index in [2.05, 4.69) is 35.6 Å². The number of benzene rings is 1. The van der Waals surface area contributed by atoms with Crippen LogP contribution in [0.3, 0.4) is 0 Å². The molecule has 1 heterocycles. The minimum atomic E-state index is 0.213. The first-order chi connectivity index (χ1) is 14.4. The number of hydrogen-bond donors (Lipinski definition) is 1. The van der Waals surface area contributed by atoms with E-state index in [1.807, 2.05) is 50.2 Å². The number of aromatic nitrogens is 1. The van der Waals surface area contributed by atoms with Crippen molar-refractivity contribution in [1.82, 2.24) is 9.88 Å². The van der Waals surface area contributed by atoms with Crippen molar-refractivity contribution in [2.75, 3.05) is 14.1 Å². The highest BCUT2D eigenvalue weighted by atomic mass is 15.1. The monoisotopic (exact) mass is 408 g/mol. The SMILES string of the molecule is C=C(C(N=CN)C1CC1)N(C)C.CC1CCCCC1.Cc1ccc2ccccc2n1. The van der Waals surface area contributed by atoms with Gasteiger partial charge in [-0.05, 0) is 43.7 Å². The van der Waals surface area contributed by atoms with Crippen LogP contribution < -0.4 is 5.73 Å². The number of para-hydroxylation sites is 1. The van der Waals surface area contributed by atoms with Crippen LogP contribution in [0.15, 0.2) is 53.7 Å². The van der Waals surface area contributed by atoms with Crippen LogP contribution in [0.25, 0.3) is 10.9 Å². The van der Waals surface area contributed by atoms with E-state index in [4.69, 9.17) is 5.73 Å². The van der Waals surface area contributed by atoms with Crippen molar-refractivity contribution < 1.29 is 0 Å². The molecule has 2 aliphatic carbocycles. The predicted octanol–water partition coefficient (Wildman–Crippen LogP) is 5.96. The van der Waals surface area contributed by atoms with Gasteiger partial charge in [0, 0.05) is 30.9 Å². The summed E-state index contributed by atoms with van der Waals surface area (Å²) in [5, 5.41) is 1.21. The number of rotatable bonds is 4. The molecule has 2 saturated carbocycles. The molecule has 2 fully saturated rings. The van der Waals surface area contributed by atoms with Gasteiger partial charge in [-0.1, -0.05) is 69.9 Å². The van der Waals surface area contributed by atoms with Crippen molar-refractivity contribution in [1.29, 1.82) is 0 Å². The van der Waals surface area contributed by atoms with E-state index < -0.39 is 0 Å². The summed E-state index contributed by atoms with van der Waals surface area (Å²) in [6.45, 7) is 8.36. The van der Waals surface area contributed by atoms with Gasteiger partial charge < -0.3 is 10.6 Å². The van der Waals surface area contributed by atoms with Crippen molar-refractivity contribution in [3.05, 3.63) is 54.4 Å². The van der Waals surface area contributed by atoms with Crippen LogP contribution in [0.1, 0.15) is 57.6 Å². The standard InChI is InChI=1S/C10H9N.C9H17N3.C7H14/c1-8-6-7-9-4-2-3-5-10(9)11-8;1-7(12(2)3)9(11-6-10)8-4-5-8;1-7-5-3-2-4-6-7/h2-7H,1H3;6,8-9H,1,4-5H2,2-3H3,(H2,10,11);7H,2-6H2,1H3. The van der Waals surface area contributed by atoms with Crippen LogP contribution in [-0.2, 0) is 0 Å². The smallest absolute Gasteiger partial charge is 0.0935 e. The Morgan fingerprint density at radius 1 is 1.10 bits per heavy atom. The number of aryl methyl sites for hydroxylation is 1. The van der Waals surface area contributed by atoms with Gasteiger partial charge in [0.15, 0.2) is 0 Å². The van der Waals surface area contributed by atoms with Gasteiger partial charge >= 0.3 is 0 Å². The Balaban J connectivity index is 0.000000166. The number of pyridine rings is 1. The van der Waals surface area contributed by atoms with Gasteiger partial charge in [-0.3, -0.25) is 9.98 Å². The molecule has 0 aliphatic heterocycles. The summed E-state index contributed by atoms with van der Waals surface area (Å²) in [7, 11) is 3.98. The third-order valence-electron chi connectivity index (χ3n) is 5.86. The minimum absolute atomic E-state index is 0.213. The molecule has 1 aromatic carbocycles. The van der Waals surface area contributed by atoms with E-state index in [-0.39, 0.29) is 6.04 Å². The Kier molecular flexibility index (Phi) is 9.85. The summed E-state index contributed by atoms with van der Waals surface area (Å²) < 4.78 is 0. The molecule has 0 radical (unpaired) electrons. The summed E-state index contributed by atoms with van der Waals surface area (Å²) >= 11 is 0. The highest BCUT2D eigenvalue weighted by molar-refractivity contribution is 5.78. The molecule has 4 rings (SSSR count). The highest BCUT2D eigenvalue weighted by Crippen LogP contribution is 2.37. The Bertz CT molecular complexity index is 802. The molecule has 0 amide bonds. The molecular formula is C26H40N4. The van der Waals surface area contributed by atoms with E-state index >= 15 is 0 Å². The molecule has 2 aromatic rings. The fraction of sp³-hybridized carbons (Fsp3) is 0.538. The average Bonchev–Trinajstić information content (AvgIpc) is 3.58. The third-order valence-corrected chi connectivity index (χ3v) is 5.86. The Labute approximate surface area is 183 Å². The molecular weight excluding hydrogens is 368 g/mol. The molecule has 0 bridgehead atoms. The lowest BCUT2D eigenvalue weighted by molar-refractivity contribution is 0.385. The van der Waals surface area contributed by atoms with E-state index in [0.29, 0.717) is 5.92 Å². The molecule has 0 spiro atoms. The lowest BCUT2D eigenvalue weighted by atomic mass is 9.91. The normalized spacial score (nSPS) is 17.5. The van der Waals surface area contributed by atoms with E-state index in [9.17, 15) is 0 Å². The zero-order valence-corrected chi connectivity index (χ0v) is 19.3. The zero-order chi connectivity index (χ0) is 21.9. The molecule has 1 aromatic heterocycles. The zero-order valence-electron chi connectivity index (χ0n) is 19.3. The quantitative estimate of drug-likeness (QED) is 0.502. The van der Waals surface area contributed by atoms with Gasteiger partial charge in [0.05, 0.1) is 17.9 Å². The van der Waals surface area contributed by atoms with Gasteiger partial charge in [0.2, 0.25) is 0 Å². The lowest BCUT2D eigenvalue weighted by Crippen LogP contribution is -2.23. The molecule has 4 heteroatoms. The van der Waals surface area contributed by atoms with Crippen molar-refractivity contribution in [3.63, 3.8) is 0 Å². The molecule has 30 heavy (non-hydrogen) atoms. The number of nitrogens with zero attached hydrogens (tertiary/aromatic N) is 3. The van der Waals surface area contributed by atoms with E-state index in [0.717, 1.165) is 22.8 Å². The van der Waals surface area contributed by atoms with Crippen molar-refractivity contribution in [3.8, 4) is 0 Å². The van der Waals surface area contributed by atoms with Gasteiger partial charge in [0.1, 0.15) is 0 Å². The first kappa shape index (κ1) is 23.9. The topological polar surface area (TPSA) is 54.5 Å². The Hall–Kier alpha value is -2.36.